The lowest BCUT2D eigenvalue weighted by Gasteiger charge is -2.59. The maximum absolute atomic E-state index is 14.6. The first-order chi connectivity index (χ1) is 15.7. The fourth-order valence-corrected chi connectivity index (χ4v) is 7.11. The molecular formula is C28H33NO2S. The molecule has 4 atom stereocenters. The molecule has 1 N–H and O–H groups in total. The second-order valence-corrected chi connectivity index (χ2v) is 10.6. The molecule has 4 unspecified atom stereocenters. The van der Waals surface area contributed by atoms with Gasteiger partial charge in [0.15, 0.2) is 5.78 Å². The third-order valence-electron chi connectivity index (χ3n) is 7.75. The number of aliphatic hydroxyl groups is 1. The number of aliphatic hydroxyl groups excluding tert-OH is 1. The second kappa shape index (κ2) is 9.54. The monoisotopic (exact) mass is 447 g/mol. The average Bonchev–Trinajstić information content (AvgIpc) is 2.88. The van der Waals surface area contributed by atoms with E-state index in [1.54, 1.807) is 11.8 Å². The average molecular weight is 448 g/mol. The molecular weight excluding hydrogens is 414 g/mol. The molecule has 0 radical (unpaired) electrons. The van der Waals surface area contributed by atoms with Crippen LogP contribution >= 0.6 is 11.8 Å². The molecule has 6 rings (SSSR count). The number of fused-ring (bicyclic) bond motifs is 2. The Morgan fingerprint density at radius 2 is 1.72 bits per heavy atom. The molecule has 2 aromatic carbocycles. The van der Waals surface area contributed by atoms with Gasteiger partial charge < -0.3 is 5.11 Å². The van der Waals surface area contributed by atoms with E-state index in [2.05, 4.69) is 47.4 Å². The molecule has 32 heavy (non-hydrogen) atoms. The predicted octanol–water partition coefficient (Wildman–Crippen LogP) is 5.56. The van der Waals surface area contributed by atoms with Crippen LogP contribution in [-0.2, 0) is 0 Å². The highest BCUT2D eigenvalue weighted by Gasteiger charge is 2.60. The lowest BCUT2D eigenvalue weighted by molar-refractivity contribution is -0.0180. The van der Waals surface area contributed by atoms with Crippen molar-refractivity contribution in [3.63, 3.8) is 0 Å². The van der Waals surface area contributed by atoms with Crippen molar-refractivity contribution in [2.45, 2.75) is 48.5 Å². The van der Waals surface area contributed by atoms with Crippen LogP contribution in [0, 0.1) is 11.8 Å². The van der Waals surface area contributed by atoms with Crippen LogP contribution in [0.15, 0.2) is 71.6 Å². The zero-order valence-electron chi connectivity index (χ0n) is 18.7. The summed E-state index contributed by atoms with van der Waals surface area (Å²) in [6, 6.07) is 18.9. The number of likely N-dealkylation sites (tertiary alicyclic amines) is 1. The minimum absolute atomic E-state index is 0.164. The maximum atomic E-state index is 14.6. The summed E-state index contributed by atoms with van der Waals surface area (Å²) in [7, 11) is 0. The number of carbonyl (C=O) groups excluding carboxylic acids is 1. The Labute approximate surface area is 195 Å². The molecule has 2 fully saturated rings. The van der Waals surface area contributed by atoms with Crippen LogP contribution in [0.5, 0.6) is 0 Å². The number of nitrogens with zero attached hydrogens (tertiary/aromatic N) is 1. The number of ketones is 1. The zero-order chi connectivity index (χ0) is 22.0. The van der Waals surface area contributed by atoms with E-state index in [9.17, 15) is 4.79 Å². The first-order valence-corrected chi connectivity index (χ1v) is 13.1. The van der Waals surface area contributed by atoms with Gasteiger partial charge in [0.1, 0.15) is 0 Å². The topological polar surface area (TPSA) is 40.5 Å². The Kier molecular flexibility index (Phi) is 6.54. The van der Waals surface area contributed by atoms with E-state index in [1.807, 2.05) is 24.3 Å². The number of rotatable bonds is 7. The predicted molar refractivity (Wildman–Crippen MR) is 131 cm³/mol. The Morgan fingerprint density at radius 1 is 0.969 bits per heavy atom. The smallest absolute Gasteiger partial charge is 0.184 e. The van der Waals surface area contributed by atoms with E-state index in [4.69, 9.17) is 5.11 Å². The van der Waals surface area contributed by atoms with Crippen molar-refractivity contribution in [1.29, 1.82) is 0 Å². The van der Waals surface area contributed by atoms with Gasteiger partial charge >= 0.3 is 0 Å². The third-order valence-corrected chi connectivity index (χ3v) is 8.74. The second-order valence-electron chi connectivity index (χ2n) is 9.42. The quantitative estimate of drug-likeness (QED) is 0.343. The highest BCUT2D eigenvalue weighted by molar-refractivity contribution is 7.99. The SMILES string of the molecule is O=C(c1ccc(SCCO)cc1)C1(N2CCCCC2)C2C=CC(CC2)C1c1ccccc1. The summed E-state index contributed by atoms with van der Waals surface area (Å²) >= 11 is 1.63. The molecule has 2 aromatic rings. The van der Waals surface area contributed by atoms with Gasteiger partial charge in [-0.15, -0.1) is 11.8 Å². The van der Waals surface area contributed by atoms with Gasteiger partial charge in [-0.1, -0.05) is 61.0 Å². The number of hydrogen-bond donors (Lipinski definition) is 1. The molecule has 1 heterocycles. The Hall–Kier alpha value is -1.88. The number of benzene rings is 2. The van der Waals surface area contributed by atoms with Crippen LogP contribution in [-0.4, -0.2) is 46.8 Å². The highest BCUT2D eigenvalue weighted by atomic mass is 32.2. The van der Waals surface area contributed by atoms with Crippen molar-refractivity contribution in [1.82, 2.24) is 4.90 Å². The number of thioether (sulfide) groups is 1. The first-order valence-electron chi connectivity index (χ1n) is 12.1. The van der Waals surface area contributed by atoms with E-state index in [0.717, 1.165) is 30.0 Å². The zero-order valence-corrected chi connectivity index (χ0v) is 19.5. The molecule has 0 aromatic heterocycles. The molecule has 2 bridgehead atoms. The van der Waals surface area contributed by atoms with Crippen LogP contribution in [0.3, 0.4) is 0 Å². The summed E-state index contributed by atoms with van der Waals surface area (Å²) in [6.45, 7) is 2.19. The number of piperidine rings is 1. The van der Waals surface area contributed by atoms with Gasteiger partial charge in [-0.25, -0.2) is 0 Å². The van der Waals surface area contributed by atoms with E-state index in [0.29, 0.717) is 17.5 Å². The molecule has 0 spiro atoms. The van der Waals surface area contributed by atoms with Gasteiger partial charge in [0.25, 0.3) is 0 Å². The lowest BCUT2D eigenvalue weighted by atomic mass is 9.53. The summed E-state index contributed by atoms with van der Waals surface area (Å²) in [5, 5.41) is 9.13. The fraction of sp³-hybridized carbons (Fsp3) is 0.464. The molecule has 4 aliphatic rings. The van der Waals surface area contributed by atoms with Gasteiger partial charge in [-0.05, 0) is 62.4 Å². The first kappa shape index (κ1) is 21.9. The Balaban J connectivity index is 1.61. The van der Waals surface area contributed by atoms with E-state index in [-0.39, 0.29) is 18.4 Å². The molecule has 1 aliphatic heterocycles. The lowest BCUT2D eigenvalue weighted by Crippen LogP contribution is -2.67. The molecule has 168 valence electrons. The maximum Gasteiger partial charge on any atom is 0.184 e. The Bertz CT molecular complexity index is 951. The molecule has 4 heteroatoms. The summed E-state index contributed by atoms with van der Waals surface area (Å²) in [4.78, 5) is 18.3. The van der Waals surface area contributed by atoms with Crippen molar-refractivity contribution >= 4 is 17.5 Å². The van der Waals surface area contributed by atoms with E-state index in [1.165, 1.54) is 31.2 Å². The van der Waals surface area contributed by atoms with Crippen LogP contribution in [0.25, 0.3) is 0 Å². The summed E-state index contributed by atoms with van der Waals surface area (Å²) in [5.41, 5.74) is 1.63. The molecule has 3 aliphatic carbocycles. The van der Waals surface area contributed by atoms with E-state index < -0.39 is 5.54 Å². The number of hydrogen-bond acceptors (Lipinski definition) is 4. The molecule has 0 amide bonds. The van der Waals surface area contributed by atoms with Crippen LogP contribution in [0.1, 0.15) is 53.9 Å². The largest absolute Gasteiger partial charge is 0.396 e. The molecule has 3 nitrogen and oxygen atoms in total. The standard InChI is InChI=1S/C28H33NO2S/c30-19-20-32-25-15-11-23(12-16-25)27(31)28(29-17-5-2-6-18-29)24-13-9-22(10-14-24)26(28)21-7-3-1-4-8-21/h1,3-4,7-9,11-13,15-16,22,24,26,30H,2,5-6,10,14,17-20H2. The minimum Gasteiger partial charge on any atom is -0.396 e. The highest BCUT2D eigenvalue weighted by Crippen LogP contribution is 2.56. The van der Waals surface area contributed by atoms with Gasteiger partial charge in [0.2, 0.25) is 0 Å². The van der Waals surface area contributed by atoms with E-state index >= 15 is 0 Å². The van der Waals surface area contributed by atoms with Gasteiger partial charge in [-0.2, -0.15) is 0 Å². The van der Waals surface area contributed by atoms with Crippen LogP contribution in [0.4, 0.5) is 0 Å². The van der Waals surface area contributed by atoms with Crippen molar-refractivity contribution in [2.24, 2.45) is 11.8 Å². The number of allylic oxidation sites excluding steroid dienone is 1. The van der Waals surface area contributed by atoms with Crippen LogP contribution in [0.2, 0.25) is 0 Å². The third kappa shape index (κ3) is 3.76. The summed E-state index contributed by atoms with van der Waals surface area (Å²) in [5.74, 6) is 1.84. The van der Waals surface area contributed by atoms with Crippen LogP contribution < -0.4 is 0 Å². The summed E-state index contributed by atoms with van der Waals surface area (Å²) in [6.07, 6.45) is 10.6. The number of Topliss-reactive ketones (excluding diaryl/α,β-unsaturated/α-hetero) is 1. The van der Waals surface area contributed by atoms with Gasteiger partial charge in [0.05, 0.1) is 12.1 Å². The van der Waals surface area contributed by atoms with Crippen molar-refractivity contribution in [2.75, 3.05) is 25.4 Å². The normalized spacial score (nSPS) is 29.8. The molecule has 1 saturated heterocycles. The Morgan fingerprint density at radius 3 is 2.38 bits per heavy atom. The van der Waals surface area contributed by atoms with Crippen molar-refractivity contribution in [3.8, 4) is 0 Å². The molecule has 1 saturated carbocycles. The van der Waals surface area contributed by atoms with Crippen molar-refractivity contribution < 1.29 is 9.90 Å². The van der Waals surface area contributed by atoms with Crippen molar-refractivity contribution in [3.05, 3.63) is 77.9 Å². The summed E-state index contributed by atoms with van der Waals surface area (Å²) < 4.78 is 0. The number of carbonyl (C=O) groups is 1. The van der Waals surface area contributed by atoms with Gasteiger partial charge in [0, 0.05) is 28.0 Å². The minimum atomic E-state index is -0.501. The van der Waals surface area contributed by atoms with Gasteiger partial charge in [-0.3, -0.25) is 9.69 Å². The fourth-order valence-electron chi connectivity index (χ4n) is 6.45.